The van der Waals surface area contributed by atoms with E-state index in [1.165, 1.54) is 0 Å². The number of nitrogens with zero attached hydrogens (tertiary/aromatic N) is 2. The molecule has 0 saturated heterocycles. The normalized spacial score (nSPS) is 13.1. The number of anilines is 1. The Kier molecular flexibility index (Phi) is 4.46. The van der Waals surface area contributed by atoms with Gasteiger partial charge in [0.2, 0.25) is 5.95 Å². The second kappa shape index (κ2) is 5.33. The van der Waals surface area contributed by atoms with Gasteiger partial charge in [-0.15, -0.1) is 0 Å². The van der Waals surface area contributed by atoms with E-state index in [-0.39, 0.29) is 5.54 Å². The summed E-state index contributed by atoms with van der Waals surface area (Å²) in [4.78, 5) is 4.44. The SMILES string of the molecule is CC(C)Cn1ccnc1NC(C)(C)CC(C)(C)C. The van der Waals surface area contributed by atoms with Crippen molar-refractivity contribution in [2.45, 2.75) is 67.0 Å². The van der Waals surface area contributed by atoms with E-state index in [1.807, 2.05) is 6.20 Å². The second-order valence-electron chi connectivity index (χ2n) is 7.54. The third-order valence-electron chi connectivity index (χ3n) is 2.70. The third-order valence-corrected chi connectivity index (χ3v) is 2.70. The van der Waals surface area contributed by atoms with Crippen molar-refractivity contribution in [2.24, 2.45) is 11.3 Å². The summed E-state index contributed by atoms with van der Waals surface area (Å²) >= 11 is 0. The molecule has 0 radical (unpaired) electrons. The minimum atomic E-state index is 0.0539. The summed E-state index contributed by atoms with van der Waals surface area (Å²) in [6.07, 6.45) is 5.03. The molecule has 0 spiro atoms. The van der Waals surface area contributed by atoms with Crippen LogP contribution in [0.3, 0.4) is 0 Å². The predicted molar refractivity (Wildman–Crippen MR) is 78.8 cm³/mol. The van der Waals surface area contributed by atoms with Crippen molar-refractivity contribution in [3.05, 3.63) is 12.4 Å². The van der Waals surface area contributed by atoms with E-state index < -0.39 is 0 Å². The van der Waals surface area contributed by atoms with Crippen LogP contribution in [-0.2, 0) is 6.54 Å². The summed E-state index contributed by atoms with van der Waals surface area (Å²) in [5.74, 6) is 1.61. The summed E-state index contributed by atoms with van der Waals surface area (Å²) in [6, 6.07) is 0. The highest BCUT2D eigenvalue weighted by atomic mass is 15.2. The summed E-state index contributed by atoms with van der Waals surface area (Å²) in [7, 11) is 0. The average Bonchev–Trinajstić information content (AvgIpc) is 2.45. The van der Waals surface area contributed by atoms with Gasteiger partial charge in [0.1, 0.15) is 0 Å². The zero-order valence-electron chi connectivity index (χ0n) is 13.0. The molecule has 0 amide bonds. The molecule has 0 aliphatic rings. The maximum absolute atomic E-state index is 4.44. The van der Waals surface area contributed by atoms with Crippen molar-refractivity contribution >= 4 is 5.95 Å². The van der Waals surface area contributed by atoms with E-state index in [9.17, 15) is 0 Å². The van der Waals surface area contributed by atoms with Gasteiger partial charge < -0.3 is 9.88 Å². The van der Waals surface area contributed by atoms with E-state index in [0.29, 0.717) is 11.3 Å². The van der Waals surface area contributed by atoms with E-state index in [1.54, 1.807) is 0 Å². The zero-order chi connectivity index (χ0) is 14.0. The molecule has 3 nitrogen and oxygen atoms in total. The molecule has 0 aromatic carbocycles. The minimum Gasteiger partial charge on any atom is -0.351 e. The number of hydrogen-bond donors (Lipinski definition) is 1. The lowest BCUT2D eigenvalue weighted by Gasteiger charge is -2.34. The molecule has 0 aliphatic heterocycles. The van der Waals surface area contributed by atoms with Gasteiger partial charge in [0.15, 0.2) is 0 Å². The predicted octanol–water partition coefficient (Wildman–Crippen LogP) is 4.17. The monoisotopic (exact) mass is 251 g/mol. The molecule has 1 aromatic rings. The fourth-order valence-electron chi connectivity index (χ4n) is 2.65. The zero-order valence-corrected chi connectivity index (χ0v) is 13.0. The molecular weight excluding hydrogens is 222 g/mol. The van der Waals surface area contributed by atoms with Gasteiger partial charge in [-0.25, -0.2) is 4.98 Å². The van der Waals surface area contributed by atoms with Crippen LogP contribution in [0, 0.1) is 11.3 Å². The largest absolute Gasteiger partial charge is 0.351 e. The van der Waals surface area contributed by atoms with Gasteiger partial charge >= 0.3 is 0 Å². The van der Waals surface area contributed by atoms with Crippen molar-refractivity contribution in [1.82, 2.24) is 9.55 Å². The van der Waals surface area contributed by atoms with Crippen LogP contribution in [0.2, 0.25) is 0 Å². The molecule has 1 aromatic heterocycles. The Bertz CT molecular complexity index is 369. The third kappa shape index (κ3) is 5.11. The van der Waals surface area contributed by atoms with Crippen molar-refractivity contribution in [1.29, 1.82) is 0 Å². The number of nitrogens with one attached hydrogen (secondary N) is 1. The van der Waals surface area contributed by atoms with Gasteiger partial charge in [-0.1, -0.05) is 34.6 Å². The van der Waals surface area contributed by atoms with Crippen molar-refractivity contribution in [3.8, 4) is 0 Å². The Morgan fingerprint density at radius 2 is 1.83 bits per heavy atom. The Balaban J connectivity index is 2.75. The van der Waals surface area contributed by atoms with E-state index >= 15 is 0 Å². The van der Waals surface area contributed by atoms with Crippen molar-refractivity contribution in [3.63, 3.8) is 0 Å². The Labute approximate surface area is 112 Å². The molecule has 0 fully saturated rings. The van der Waals surface area contributed by atoms with E-state index in [2.05, 4.69) is 69.5 Å². The maximum atomic E-state index is 4.44. The molecule has 0 aliphatic carbocycles. The highest BCUT2D eigenvalue weighted by Gasteiger charge is 2.26. The quantitative estimate of drug-likeness (QED) is 0.851. The fourth-order valence-corrected chi connectivity index (χ4v) is 2.65. The summed E-state index contributed by atoms with van der Waals surface area (Å²) in [5.41, 5.74) is 0.365. The van der Waals surface area contributed by atoms with Gasteiger partial charge in [-0.05, 0) is 31.6 Å². The summed E-state index contributed by atoms with van der Waals surface area (Å²) in [6.45, 7) is 16.8. The molecule has 0 unspecified atom stereocenters. The fraction of sp³-hybridized carbons (Fsp3) is 0.800. The first kappa shape index (κ1) is 15.1. The molecular formula is C15H29N3. The van der Waals surface area contributed by atoms with Crippen LogP contribution in [0.25, 0.3) is 0 Å². The molecule has 1 rings (SSSR count). The Morgan fingerprint density at radius 1 is 1.22 bits per heavy atom. The first-order chi connectivity index (χ1) is 8.09. The van der Waals surface area contributed by atoms with Crippen LogP contribution < -0.4 is 5.32 Å². The van der Waals surface area contributed by atoms with Gasteiger partial charge in [-0.3, -0.25) is 0 Å². The molecule has 0 saturated carbocycles. The lowest BCUT2D eigenvalue weighted by atomic mass is 9.82. The van der Waals surface area contributed by atoms with Crippen LogP contribution in [-0.4, -0.2) is 15.1 Å². The minimum absolute atomic E-state index is 0.0539. The number of aromatic nitrogens is 2. The lowest BCUT2D eigenvalue weighted by molar-refractivity contribution is 0.300. The summed E-state index contributed by atoms with van der Waals surface area (Å²) in [5, 5.41) is 3.58. The van der Waals surface area contributed by atoms with Crippen LogP contribution in [0.15, 0.2) is 12.4 Å². The van der Waals surface area contributed by atoms with Gasteiger partial charge in [0.25, 0.3) is 0 Å². The van der Waals surface area contributed by atoms with E-state index in [4.69, 9.17) is 0 Å². The summed E-state index contributed by atoms with van der Waals surface area (Å²) < 4.78 is 2.20. The standard InChI is InChI=1S/C15H29N3/c1-12(2)10-18-9-8-16-13(18)17-15(6,7)11-14(3,4)5/h8-9,12H,10-11H2,1-7H3,(H,16,17). The highest BCUT2D eigenvalue weighted by Crippen LogP contribution is 2.29. The van der Waals surface area contributed by atoms with Crippen LogP contribution >= 0.6 is 0 Å². The number of imidazole rings is 1. The molecule has 3 heteroatoms. The first-order valence-electron chi connectivity index (χ1n) is 6.88. The second-order valence-corrected chi connectivity index (χ2v) is 7.54. The number of hydrogen-bond acceptors (Lipinski definition) is 2. The van der Waals surface area contributed by atoms with Gasteiger partial charge in [0, 0.05) is 24.5 Å². The van der Waals surface area contributed by atoms with Gasteiger partial charge in [0.05, 0.1) is 0 Å². The maximum Gasteiger partial charge on any atom is 0.203 e. The number of rotatable bonds is 5. The molecule has 18 heavy (non-hydrogen) atoms. The van der Waals surface area contributed by atoms with Crippen molar-refractivity contribution in [2.75, 3.05) is 5.32 Å². The van der Waals surface area contributed by atoms with Crippen LogP contribution in [0.5, 0.6) is 0 Å². The van der Waals surface area contributed by atoms with Gasteiger partial charge in [-0.2, -0.15) is 0 Å². The average molecular weight is 251 g/mol. The van der Waals surface area contributed by atoms with Crippen LogP contribution in [0.1, 0.15) is 54.9 Å². The van der Waals surface area contributed by atoms with Crippen molar-refractivity contribution < 1.29 is 0 Å². The van der Waals surface area contributed by atoms with Crippen LogP contribution in [0.4, 0.5) is 5.95 Å². The topological polar surface area (TPSA) is 29.9 Å². The molecule has 1 N–H and O–H groups in total. The molecule has 1 heterocycles. The molecule has 0 bridgehead atoms. The Hall–Kier alpha value is -0.990. The first-order valence-corrected chi connectivity index (χ1v) is 6.88. The molecule has 104 valence electrons. The smallest absolute Gasteiger partial charge is 0.203 e. The molecule has 0 atom stereocenters. The highest BCUT2D eigenvalue weighted by molar-refractivity contribution is 5.30. The Morgan fingerprint density at radius 3 is 2.33 bits per heavy atom. The van der Waals surface area contributed by atoms with E-state index in [0.717, 1.165) is 18.9 Å². The lowest BCUT2D eigenvalue weighted by Crippen LogP contribution is -2.36.